The minimum Gasteiger partial charge on any atom is -0.389 e. The van der Waals surface area contributed by atoms with Crippen molar-refractivity contribution in [1.29, 1.82) is 0 Å². The molecule has 0 bridgehead atoms. The Bertz CT molecular complexity index is 1700. The molecule has 2 heterocycles. The van der Waals surface area contributed by atoms with E-state index in [1.165, 1.54) is 12.1 Å². The van der Waals surface area contributed by atoms with Crippen LogP contribution in [0.1, 0.15) is 65.5 Å². The third-order valence-corrected chi connectivity index (χ3v) is 9.88. The number of H-pyrrole nitrogens is 1. The summed E-state index contributed by atoms with van der Waals surface area (Å²) < 4.78 is 44.8. The van der Waals surface area contributed by atoms with Crippen LogP contribution in [0.25, 0.3) is 5.65 Å². The van der Waals surface area contributed by atoms with Gasteiger partial charge in [0.15, 0.2) is 17.2 Å². The summed E-state index contributed by atoms with van der Waals surface area (Å²) in [5, 5.41) is 12.8. The van der Waals surface area contributed by atoms with Crippen molar-refractivity contribution in [3.63, 3.8) is 0 Å². The Balaban J connectivity index is 1.46. The van der Waals surface area contributed by atoms with E-state index in [1.54, 1.807) is 18.2 Å². The molecular weight excluding hydrogens is 655 g/mol. The minimum atomic E-state index is -2.04. The number of fused-ring (bicyclic) bond motifs is 1. The summed E-state index contributed by atoms with van der Waals surface area (Å²) in [6, 6.07) is 9.77. The topological polar surface area (TPSA) is 123 Å². The number of hydrogen-bond donors (Lipinski definition) is 3. The first kappa shape index (κ1) is 33.5. The number of aromatic amines is 1. The van der Waals surface area contributed by atoms with Crippen molar-refractivity contribution >= 4 is 68.7 Å². The molecule has 43 heavy (non-hydrogen) atoms. The van der Waals surface area contributed by atoms with Crippen molar-refractivity contribution in [1.82, 2.24) is 24.5 Å². The van der Waals surface area contributed by atoms with E-state index < -0.39 is 33.5 Å². The average molecular weight is 690 g/mol. The predicted molar refractivity (Wildman–Crippen MR) is 175 cm³/mol. The van der Waals surface area contributed by atoms with Crippen molar-refractivity contribution in [3.8, 4) is 11.5 Å². The fourth-order valence-electron chi connectivity index (χ4n) is 4.14. The van der Waals surface area contributed by atoms with Gasteiger partial charge in [0.2, 0.25) is 0 Å². The lowest BCUT2D eigenvalue weighted by atomic mass is 9.74. The normalized spacial score (nSPS) is 14.1. The second-order valence-corrected chi connectivity index (χ2v) is 15.4. The number of hydrogen-bond acceptors (Lipinski definition) is 6. The first-order chi connectivity index (χ1) is 19.9. The van der Waals surface area contributed by atoms with Crippen LogP contribution in [-0.2, 0) is 34.4 Å². The maximum atomic E-state index is 13.3. The highest BCUT2D eigenvalue weighted by atomic mass is 35.5. The van der Waals surface area contributed by atoms with E-state index in [0.717, 1.165) is 17.8 Å². The van der Waals surface area contributed by atoms with Gasteiger partial charge in [0.05, 0.1) is 20.8 Å². The standard InChI is InChI=1S/C28H35Cl3N6O4S2/c1-16-9-10-17(35-42(38)41-23-14-20(30)19(29)13-21(23)31)11-22(16)40-43(39)36-28(7,8)27(5,6)25-33-32-24-12-18(34-37(24)25)15-26(2,3)4/h9-14,34-36H,15H2,1-8H3. The fraction of sp³-hybridized carbons (Fsp3) is 0.429. The number of nitrogens with zero attached hydrogens (tertiary/aromatic N) is 3. The summed E-state index contributed by atoms with van der Waals surface area (Å²) in [7, 11) is 0. The summed E-state index contributed by atoms with van der Waals surface area (Å²) in [4.78, 5) is 0. The second-order valence-electron chi connectivity index (χ2n) is 12.5. The highest BCUT2D eigenvalue weighted by Gasteiger charge is 2.44. The number of halogens is 3. The van der Waals surface area contributed by atoms with Crippen LogP contribution in [0.15, 0.2) is 36.4 Å². The van der Waals surface area contributed by atoms with Gasteiger partial charge in [0, 0.05) is 34.8 Å². The number of anilines is 1. The van der Waals surface area contributed by atoms with E-state index in [-0.39, 0.29) is 26.2 Å². The molecule has 3 N–H and O–H groups in total. The SMILES string of the molecule is Cc1ccc(NS(=O)Oc2cc(Cl)c(Cl)cc2Cl)cc1OS(=O)NC(C)(C)C(C)(C)c1nnc2cc(CC(C)(C)C)[nH]n12. The van der Waals surface area contributed by atoms with Crippen molar-refractivity contribution in [2.45, 2.75) is 72.8 Å². The van der Waals surface area contributed by atoms with Gasteiger partial charge in [-0.3, -0.25) is 9.82 Å². The first-order valence-corrected chi connectivity index (χ1v) is 16.6. The smallest absolute Gasteiger partial charge is 0.316 e. The van der Waals surface area contributed by atoms with Gasteiger partial charge in [-0.2, -0.15) is 13.1 Å². The molecule has 2 unspecified atom stereocenters. The van der Waals surface area contributed by atoms with E-state index >= 15 is 0 Å². The van der Waals surface area contributed by atoms with Gasteiger partial charge in [-0.25, -0.2) is 4.52 Å². The summed E-state index contributed by atoms with van der Waals surface area (Å²) in [6.07, 6.45) is 0.853. The zero-order valence-corrected chi connectivity index (χ0v) is 29.0. The maximum Gasteiger partial charge on any atom is 0.316 e. The number of aromatic nitrogens is 4. The zero-order valence-electron chi connectivity index (χ0n) is 25.1. The van der Waals surface area contributed by atoms with E-state index in [9.17, 15) is 8.42 Å². The van der Waals surface area contributed by atoms with Gasteiger partial charge in [0.25, 0.3) is 11.3 Å². The molecule has 2 aromatic heterocycles. The lowest BCUT2D eigenvalue weighted by molar-refractivity contribution is 0.259. The van der Waals surface area contributed by atoms with Crippen LogP contribution in [0.3, 0.4) is 0 Å². The molecular formula is C28H35Cl3N6O4S2. The van der Waals surface area contributed by atoms with Gasteiger partial charge in [0.1, 0.15) is 5.75 Å². The average Bonchev–Trinajstić information content (AvgIpc) is 3.43. The van der Waals surface area contributed by atoms with Crippen molar-refractivity contribution in [2.75, 3.05) is 4.72 Å². The molecule has 0 fully saturated rings. The Hall–Kier alpha value is -2.35. The van der Waals surface area contributed by atoms with Gasteiger partial charge in [-0.15, -0.1) is 10.2 Å². The number of benzene rings is 2. The molecule has 0 saturated carbocycles. The maximum absolute atomic E-state index is 13.3. The van der Waals surface area contributed by atoms with Gasteiger partial charge in [-0.1, -0.05) is 75.5 Å². The number of rotatable bonds is 11. The van der Waals surface area contributed by atoms with Crippen LogP contribution in [0.2, 0.25) is 15.1 Å². The fourth-order valence-corrected chi connectivity index (χ4v) is 6.48. The minimum absolute atomic E-state index is 0.0929. The van der Waals surface area contributed by atoms with E-state index in [4.69, 9.17) is 43.2 Å². The van der Waals surface area contributed by atoms with Gasteiger partial charge < -0.3 is 8.37 Å². The van der Waals surface area contributed by atoms with Crippen molar-refractivity contribution in [3.05, 3.63) is 68.5 Å². The molecule has 0 amide bonds. The van der Waals surface area contributed by atoms with Crippen molar-refractivity contribution in [2.24, 2.45) is 5.41 Å². The van der Waals surface area contributed by atoms with Crippen LogP contribution in [0.4, 0.5) is 5.69 Å². The lowest BCUT2D eigenvalue weighted by Gasteiger charge is -2.39. The second kappa shape index (κ2) is 12.6. The third kappa shape index (κ3) is 7.84. The predicted octanol–water partition coefficient (Wildman–Crippen LogP) is 7.29. The van der Waals surface area contributed by atoms with E-state index in [2.05, 4.69) is 45.5 Å². The molecule has 0 aliphatic rings. The van der Waals surface area contributed by atoms with Crippen LogP contribution in [-0.4, -0.2) is 33.8 Å². The van der Waals surface area contributed by atoms with Crippen LogP contribution < -0.4 is 17.8 Å². The largest absolute Gasteiger partial charge is 0.389 e. The molecule has 15 heteroatoms. The Morgan fingerprint density at radius 2 is 1.51 bits per heavy atom. The first-order valence-electron chi connectivity index (χ1n) is 13.3. The zero-order chi connectivity index (χ0) is 31.9. The van der Waals surface area contributed by atoms with E-state index in [0.29, 0.717) is 22.8 Å². The number of nitrogens with one attached hydrogen (secondary N) is 3. The summed E-state index contributed by atoms with van der Waals surface area (Å²) >= 11 is 14.1. The van der Waals surface area contributed by atoms with Crippen molar-refractivity contribution < 1.29 is 16.8 Å². The Labute approximate surface area is 271 Å². The molecule has 0 aliphatic heterocycles. The monoisotopic (exact) mass is 688 g/mol. The van der Waals surface area contributed by atoms with Gasteiger partial charge in [-0.05, 0) is 50.3 Å². The molecule has 0 aliphatic carbocycles. The molecule has 2 atom stereocenters. The number of aryl methyl sites for hydroxylation is 1. The van der Waals surface area contributed by atoms with E-state index in [1.807, 2.05) is 45.2 Å². The van der Waals surface area contributed by atoms with Crippen LogP contribution in [0.5, 0.6) is 11.5 Å². The highest BCUT2D eigenvalue weighted by Crippen LogP contribution is 2.36. The molecule has 2 aromatic carbocycles. The van der Waals surface area contributed by atoms with Crippen LogP contribution >= 0.6 is 34.8 Å². The molecule has 4 rings (SSSR count). The lowest BCUT2D eigenvalue weighted by Crippen LogP contribution is -2.55. The highest BCUT2D eigenvalue weighted by molar-refractivity contribution is 7.82. The summed E-state index contributed by atoms with van der Waals surface area (Å²) in [6.45, 7) is 16.2. The molecule has 10 nitrogen and oxygen atoms in total. The Morgan fingerprint density at radius 3 is 2.19 bits per heavy atom. The third-order valence-electron chi connectivity index (χ3n) is 7.12. The summed E-state index contributed by atoms with van der Waals surface area (Å²) in [5.41, 5.74) is 1.58. The molecule has 0 saturated heterocycles. The molecule has 0 spiro atoms. The van der Waals surface area contributed by atoms with Crippen LogP contribution in [0, 0.1) is 12.3 Å². The van der Waals surface area contributed by atoms with Gasteiger partial charge >= 0.3 is 11.3 Å². The summed E-state index contributed by atoms with van der Waals surface area (Å²) in [5.74, 6) is 1.09. The Kier molecular flexibility index (Phi) is 9.80. The quantitative estimate of drug-likeness (QED) is 0.142. The Morgan fingerprint density at radius 1 is 0.860 bits per heavy atom. The molecule has 0 radical (unpaired) electrons. The molecule has 234 valence electrons. The molecule has 4 aromatic rings.